The molecule has 156 valence electrons. The molecule has 4 nitrogen and oxygen atoms in total. The highest BCUT2D eigenvalue weighted by atomic mass is 32.1. The molecular formula is C21H24F3N3OS. The van der Waals surface area contributed by atoms with Gasteiger partial charge in [0.1, 0.15) is 17.1 Å². The van der Waals surface area contributed by atoms with E-state index >= 15 is 0 Å². The molecular weight excluding hydrogens is 399 g/mol. The lowest BCUT2D eigenvalue weighted by Crippen LogP contribution is -2.04. The maximum absolute atomic E-state index is 12.7. The van der Waals surface area contributed by atoms with Crippen molar-refractivity contribution in [3.05, 3.63) is 41.5 Å². The van der Waals surface area contributed by atoms with E-state index in [4.69, 9.17) is 4.74 Å². The van der Waals surface area contributed by atoms with Gasteiger partial charge < -0.3 is 4.74 Å². The maximum Gasteiger partial charge on any atom is 0.432 e. The van der Waals surface area contributed by atoms with E-state index in [9.17, 15) is 13.2 Å². The van der Waals surface area contributed by atoms with Crippen LogP contribution >= 0.6 is 11.3 Å². The van der Waals surface area contributed by atoms with Crippen molar-refractivity contribution >= 4 is 11.3 Å². The van der Waals surface area contributed by atoms with E-state index < -0.39 is 11.9 Å². The van der Waals surface area contributed by atoms with Crippen LogP contribution < -0.4 is 4.74 Å². The van der Waals surface area contributed by atoms with Crippen LogP contribution in [0.15, 0.2) is 35.8 Å². The lowest BCUT2D eigenvalue weighted by molar-refractivity contribution is -0.141. The number of hydrogen-bond donors (Lipinski definition) is 1. The zero-order chi connectivity index (χ0) is 20.7. The summed E-state index contributed by atoms with van der Waals surface area (Å²) in [5, 5.41) is 7.66. The summed E-state index contributed by atoms with van der Waals surface area (Å²) in [7, 11) is 0. The van der Waals surface area contributed by atoms with Gasteiger partial charge >= 0.3 is 6.18 Å². The van der Waals surface area contributed by atoms with Gasteiger partial charge in [-0.15, -0.1) is 11.3 Å². The Morgan fingerprint density at radius 2 is 1.83 bits per heavy atom. The molecule has 0 saturated carbocycles. The van der Waals surface area contributed by atoms with Gasteiger partial charge in [-0.2, -0.15) is 18.3 Å². The molecule has 3 rings (SSSR count). The number of unbranched alkanes of at least 4 members (excludes halogenated alkanes) is 5. The minimum Gasteiger partial charge on any atom is -0.493 e. The average molecular weight is 424 g/mol. The van der Waals surface area contributed by atoms with Crippen LogP contribution in [0.4, 0.5) is 13.2 Å². The summed E-state index contributed by atoms with van der Waals surface area (Å²) in [4.78, 5) is 5.26. The number of nitrogens with one attached hydrogen (secondary N) is 1. The van der Waals surface area contributed by atoms with Gasteiger partial charge in [0.05, 0.1) is 12.3 Å². The molecule has 0 aliphatic rings. The number of ether oxygens (including phenoxy) is 1. The van der Waals surface area contributed by atoms with Gasteiger partial charge in [-0.3, -0.25) is 10.1 Å². The van der Waals surface area contributed by atoms with E-state index in [0.29, 0.717) is 12.3 Å². The molecule has 0 bridgehead atoms. The lowest BCUT2D eigenvalue weighted by atomic mass is 10.1. The Bertz CT molecular complexity index is 887. The number of halogens is 3. The summed E-state index contributed by atoms with van der Waals surface area (Å²) in [5.74, 6) is 0.838. The van der Waals surface area contributed by atoms with Gasteiger partial charge in [0.25, 0.3) is 0 Å². The van der Waals surface area contributed by atoms with Crippen molar-refractivity contribution < 1.29 is 17.9 Å². The van der Waals surface area contributed by atoms with Crippen LogP contribution in [0, 0.1) is 0 Å². The summed E-state index contributed by atoms with van der Waals surface area (Å²) >= 11 is 1.55. The van der Waals surface area contributed by atoms with E-state index in [1.54, 1.807) is 23.6 Å². The van der Waals surface area contributed by atoms with Crippen LogP contribution in [-0.4, -0.2) is 21.8 Å². The van der Waals surface area contributed by atoms with Crippen molar-refractivity contribution in [2.75, 3.05) is 6.61 Å². The van der Waals surface area contributed by atoms with Gasteiger partial charge in [-0.1, -0.05) is 39.0 Å². The second-order valence-corrected chi connectivity index (χ2v) is 7.77. The van der Waals surface area contributed by atoms with Crippen molar-refractivity contribution in [1.29, 1.82) is 0 Å². The molecule has 0 radical (unpaired) electrons. The van der Waals surface area contributed by atoms with Gasteiger partial charge in [0, 0.05) is 22.0 Å². The van der Waals surface area contributed by atoms with E-state index in [1.807, 2.05) is 22.6 Å². The summed E-state index contributed by atoms with van der Waals surface area (Å²) in [6, 6.07) is 6.42. The standard InChI is InChI=1S/C21H24F3N3OS/c1-2-3-4-5-6-7-10-28-16-11-19(29-14-16)15-8-9-17(25-13-15)18-12-20(27-26-18)21(22,23)24/h8-9,11-14H,2-7,10H2,1H3,(H,26,27). The number of hydrogen-bond acceptors (Lipinski definition) is 4. The summed E-state index contributed by atoms with van der Waals surface area (Å²) in [5.41, 5.74) is 0.554. The zero-order valence-electron chi connectivity index (χ0n) is 16.3. The number of alkyl halides is 3. The van der Waals surface area contributed by atoms with Crippen molar-refractivity contribution in [2.24, 2.45) is 0 Å². The number of aromatic nitrogens is 3. The average Bonchev–Trinajstić information content (AvgIpc) is 3.37. The number of H-pyrrole nitrogens is 1. The molecule has 8 heteroatoms. The molecule has 3 aromatic rings. The molecule has 0 atom stereocenters. The lowest BCUT2D eigenvalue weighted by Gasteiger charge is -2.03. The van der Waals surface area contributed by atoms with Crippen molar-refractivity contribution in [3.63, 3.8) is 0 Å². The largest absolute Gasteiger partial charge is 0.493 e. The third kappa shape index (κ3) is 6.06. The van der Waals surface area contributed by atoms with Crippen LogP contribution in [0.5, 0.6) is 5.75 Å². The fraction of sp³-hybridized carbons (Fsp3) is 0.429. The Morgan fingerprint density at radius 1 is 1.03 bits per heavy atom. The number of pyridine rings is 1. The predicted molar refractivity (Wildman–Crippen MR) is 109 cm³/mol. The molecule has 0 fully saturated rings. The first-order valence-electron chi connectivity index (χ1n) is 9.78. The van der Waals surface area contributed by atoms with Crippen LogP contribution in [0.25, 0.3) is 21.8 Å². The third-order valence-corrected chi connectivity index (χ3v) is 5.49. The first kappa shape index (κ1) is 21.4. The van der Waals surface area contributed by atoms with Crippen molar-refractivity contribution in [1.82, 2.24) is 15.2 Å². The maximum atomic E-state index is 12.7. The van der Waals surface area contributed by atoms with E-state index in [-0.39, 0.29) is 5.69 Å². The highest BCUT2D eigenvalue weighted by molar-refractivity contribution is 7.13. The Balaban J connectivity index is 1.53. The Morgan fingerprint density at radius 3 is 2.52 bits per heavy atom. The van der Waals surface area contributed by atoms with Crippen LogP contribution in [-0.2, 0) is 6.18 Å². The number of aromatic amines is 1. The highest BCUT2D eigenvalue weighted by Gasteiger charge is 2.33. The monoisotopic (exact) mass is 423 g/mol. The molecule has 0 unspecified atom stereocenters. The Kier molecular flexibility index (Phi) is 7.30. The zero-order valence-corrected chi connectivity index (χ0v) is 17.1. The topological polar surface area (TPSA) is 50.8 Å². The first-order valence-corrected chi connectivity index (χ1v) is 10.7. The SMILES string of the molecule is CCCCCCCCOc1csc(-c2ccc(-c3cc(C(F)(F)F)[nH]n3)nc2)c1. The van der Waals surface area contributed by atoms with E-state index in [2.05, 4.69) is 17.0 Å². The van der Waals surface area contributed by atoms with E-state index in [1.165, 1.54) is 32.1 Å². The molecule has 3 heterocycles. The highest BCUT2D eigenvalue weighted by Crippen LogP contribution is 2.33. The minimum atomic E-state index is -4.45. The summed E-state index contributed by atoms with van der Waals surface area (Å²) < 4.78 is 43.9. The van der Waals surface area contributed by atoms with Crippen LogP contribution in [0.3, 0.4) is 0 Å². The second-order valence-electron chi connectivity index (χ2n) is 6.86. The molecule has 3 aromatic heterocycles. The molecule has 0 aliphatic heterocycles. The van der Waals surface area contributed by atoms with E-state index in [0.717, 1.165) is 28.7 Å². The normalized spacial score (nSPS) is 11.7. The molecule has 0 saturated heterocycles. The van der Waals surface area contributed by atoms with Gasteiger partial charge in [-0.25, -0.2) is 0 Å². The second kappa shape index (κ2) is 9.91. The smallest absolute Gasteiger partial charge is 0.432 e. The fourth-order valence-corrected chi connectivity index (χ4v) is 3.73. The van der Waals surface area contributed by atoms with Crippen molar-refractivity contribution in [2.45, 2.75) is 51.6 Å². The van der Waals surface area contributed by atoms with Gasteiger partial charge in [-0.05, 0) is 30.7 Å². The molecule has 0 aromatic carbocycles. The van der Waals surface area contributed by atoms with Crippen LogP contribution in [0.2, 0.25) is 0 Å². The fourth-order valence-electron chi connectivity index (χ4n) is 2.91. The molecule has 1 N–H and O–H groups in total. The number of nitrogens with zero attached hydrogens (tertiary/aromatic N) is 2. The Hall–Kier alpha value is -2.35. The first-order chi connectivity index (χ1) is 14.0. The summed E-state index contributed by atoms with van der Waals surface area (Å²) in [6.07, 6.45) is 4.52. The van der Waals surface area contributed by atoms with Crippen LogP contribution in [0.1, 0.15) is 51.1 Å². The summed E-state index contributed by atoms with van der Waals surface area (Å²) in [6.45, 7) is 2.92. The molecule has 0 aliphatic carbocycles. The third-order valence-electron chi connectivity index (χ3n) is 4.54. The minimum absolute atomic E-state index is 0.165. The predicted octanol–water partition coefficient (Wildman–Crippen LogP) is 6.96. The van der Waals surface area contributed by atoms with Crippen molar-refractivity contribution in [3.8, 4) is 27.6 Å². The Labute approximate surface area is 172 Å². The molecule has 0 amide bonds. The number of thiophene rings is 1. The molecule has 0 spiro atoms. The molecule has 29 heavy (non-hydrogen) atoms. The van der Waals surface area contributed by atoms with Gasteiger partial charge in [0.2, 0.25) is 0 Å². The van der Waals surface area contributed by atoms with Gasteiger partial charge in [0.15, 0.2) is 0 Å². The number of rotatable bonds is 10. The quantitative estimate of drug-likeness (QED) is 0.359.